The summed E-state index contributed by atoms with van der Waals surface area (Å²) in [6.45, 7) is 6.42. The van der Waals surface area contributed by atoms with E-state index in [1.807, 2.05) is 23.8 Å². The molecule has 4 rings (SSSR count). The SMILES string of the molecule is CC(C)n1cnc2c1[C@@H](C(=O)NCc1cccs1)N(Cc1ccccc1)CC2. The molecule has 0 bridgehead atoms. The molecule has 3 heterocycles. The molecular formula is C22H26N4OS. The minimum Gasteiger partial charge on any atom is -0.349 e. The highest BCUT2D eigenvalue weighted by Gasteiger charge is 2.36. The Kier molecular flexibility index (Phi) is 5.59. The number of benzene rings is 1. The Morgan fingerprint density at radius 2 is 2.07 bits per heavy atom. The Morgan fingerprint density at radius 1 is 1.25 bits per heavy atom. The van der Waals surface area contributed by atoms with Crippen molar-refractivity contribution in [1.29, 1.82) is 0 Å². The average molecular weight is 395 g/mol. The van der Waals surface area contributed by atoms with E-state index in [1.165, 1.54) is 5.56 Å². The van der Waals surface area contributed by atoms with Gasteiger partial charge in [-0.25, -0.2) is 4.98 Å². The van der Waals surface area contributed by atoms with Crippen molar-refractivity contribution in [2.75, 3.05) is 6.54 Å². The van der Waals surface area contributed by atoms with E-state index >= 15 is 0 Å². The van der Waals surface area contributed by atoms with Gasteiger partial charge in [0, 0.05) is 30.4 Å². The van der Waals surface area contributed by atoms with Gasteiger partial charge >= 0.3 is 0 Å². The zero-order valence-corrected chi connectivity index (χ0v) is 17.2. The van der Waals surface area contributed by atoms with Crippen LogP contribution in [0.1, 0.15) is 47.8 Å². The molecule has 28 heavy (non-hydrogen) atoms. The maximum Gasteiger partial charge on any atom is 0.243 e. The normalized spacial score (nSPS) is 16.9. The lowest BCUT2D eigenvalue weighted by Crippen LogP contribution is -2.45. The van der Waals surface area contributed by atoms with Gasteiger partial charge in [-0.2, -0.15) is 0 Å². The van der Waals surface area contributed by atoms with Gasteiger partial charge in [0.05, 0.1) is 24.3 Å². The van der Waals surface area contributed by atoms with Crippen molar-refractivity contribution in [3.05, 3.63) is 76.0 Å². The van der Waals surface area contributed by atoms with Crippen LogP contribution in [0, 0.1) is 0 Å². The molecule has 1 aliphatic heterocycles. The Bertz CT molecular complexity index is 917. The number of nitrogens with zero attached hydrogens (tertiary/aromatic N) is 3. The minimum atomic E-state index is -0.325. The molecule has 146 valence electrons. The number of rotatable bonds is 6. The molecule has 1 atom stereocenters. The number of aromatic nitrogens is 2. The number of fused-ring (bicyclic) bond motifs is 1. The molecule has 0 spiro atoms. The van der Waals surface area contributed by atoms with Gasteiger partial charge in [-0.1, -0.05) is 36.4 Å². The molecule has 0 radical (unpaired) electrons. The fourth-order valence-corrected chi connectivity index (χ4v) is 4.47. The van der Waals surface area contributed by atoms with E-state index in [0.29, 0.717) is 6.54 Å². The maximum absolute atomic E-state index is 13.3. The summed E-state index contributed by atoms with van der Waals surface area (Å²) >= 11 is 1.66. The smallest absolute Gasteiger partial charge is 0.243 e. The highest BCUT2D eigenvalue weighted by molar-refractivity contribution is 7.09. The predicted molar refractivity (Wildman–Crippen MR) is 112 cm³/mol. The predicted octanol–water partition coefficient (Wildman–Crippen LogP) is 3.94. The molecule has 1 aromatic carbocycles. The second-order valence-electron chi connectivity index (χ2n) is 7.48. The molecule has 3 aromatic rings. The highest BCUT2D eigenvalue weighted by Crippen LogP contribution is 2.32. The molecule has 0 saturated heterocycles. The van der Waals surface area contributed by atoms with Gasteiger partial charge in [0.15, 0.2) is 0 Å². The highest BCUT2D eigenvalue weighted by atomic mass is 32.1. The number of carbonyl (C=O) groups is 1. The Labute approximate surface area is 170 Å². The molecule has 0 unspecified atom stereocenters. The van der Waals surface area contributed by atoms with E-state index in [1.54, 1.807) is 11.3 Å². The summed E-state index contributed by atoms with van der Waals surface area (Å²) in [7, 11) is 0. The van der Waals surface area contributed by atoms with Crippen LogP contribution in [0.3, 0.4) is 0 Å². The van der Waals surface area contributed by atoms with Crippen molar-refractivity contribution < 1.29 is 4.79 Å². The van der Waals surface area contributed by atoms with Crippen LogP contribution in [0.2, 0.25) is 0 Å². The summed E-state index contributed by atoms with van der Waals surface area (Å²) < 4.78 is 2.15. The molecule has 0 fully saturated rings. The van der Waals surface area contributed by atoms with Gasteiger partial charge in [0.2, 0.25) is 5.91 Å². The third-order valence-electron chi connectivity index (χ3n) is 5.22. The summed E-state index contributed by atoms with van der Waals surface area (Å²) in [5.41, 5.74) is 3.31. The Balaban J connectivity index is 1.63. The molecule has 2 aromatic heterocycles. The van der Waals surface area contributed by atoms with Gasteiger partial charge < -0.3 is 9.88 Å². The minimum absolute atomic E-state index is 0.0488. The van der Waals surface area contributed by atoms with Crippen LogP contribution in [0.15, 0.2) is 54.2 Å². The lowest BCUT2D eigenvalue weighted by molar-refractivity contribution is -0.127. The lowest BCUT2D eigenvalue weighted by atomic mass is 10.00. The van der Waals surface area contributed by atoms with Crippen molar-refractivity contribution in [1.82, 2.24) is 19.8 Å². The van der Waals surface area contributed by atoms with Crippen molar-refractivity contribution >= 4 is 17.2 Å². The summed E-state index contributed by atoms with van der Waals surface area (Å²) in [6.07, 6.45) is 2.76. The van der Waals surface area contributed by atoms with E-state index in [0.717, 1.165) is 35.8 Å². The molecule has 5 nitrogen and oxygen atoms in total. The number of nitrogens with one attached hydrogen (secondary N) is 1. The number of hydrogen-bond donors (Lipinski definition) is 1. The van der Waals surface area contributed by atoms with Crippen LogP contribution >= 0.6 is 11.3 Å². The standard InChI is InChI=1S/C22H26N4OS/c1-16(2)26-15-24-19-10-11-25(14-17-7-4-3-5-8-17)21(20(19)26)22(27)23-13-18-9-6-12-28-18/h3-9,12,15-16,21H,10-11,13-14H2,1-2H3,(H,23,27)/t21-/m0/s1. The number of hydrogen-bond acceptors (Lipinski definition) is 4. The van der Waals surface area contributed by atoms with E-state index in [-0.39, 0.29) is 18.0 Å². The topological polar surface area (TPSA) is 50.2 Å². The fraction of sp³-hybridized carbons (Fsp3) is 0.364. The van der Waals surface area contributed by atoms with Crippen molar-refractivity contribution in [3.63, 3.8) is 0 Å². The van der Waals surface area contributed by atoms with Crippen LogP contribution in [0.4, 0.5) is 0 Å². The van der Waals surface area contributed by atoms with Gasteiger partial charge in [0.1, 0.15) is 6.04 Å². The largest absolute Gasteiger partial charge is 0.349 e. The van der Waals surface area contributed by atoms with Crippen LogP contribution in [0.5, 0.6) is 0 Å². The Morgan fingerprint density at radius 3 is 2.79 bits per heavy atom. The zero-order chi connectivity index (χ0) is 19.5. The van der Waals surface area contributed by atoms with Crippen LogP contribution < -0.4 is 5.32 Å². The maximum atomic E-state index is 13.3. The number of thiophene rings is 1. The Hall–Kier alpha value is -2.44. The monoisotopic (exact) mass is 394 g/mol. The number of amides is 1. The summed E-state index contributed by atoms with van der Waals surface area (Å²) in [5, 5.41) is 5.19. The quantitative estimate of drug-likeness (QED) is 0.689. The third kappa shape index (κ3) is 3.88. The van der Waals surface area contributed by atoms with E-state index in [4.69, 9.17) is 0 Å². The molecule has 0 aliphatic carbocycles. The summed E-state index contributed by atoms with van der Waals surface area (Å²) in [5.74, 6) is 0.0488. The van der Waals surface area contributed by atoms with Crippen LogP contribution in [-0.4, -0.2) is 26.9 Å². The second kappa shape index (κ2) is 8.29. The summed E-state index contributed by atoms with van der Waals surface area (Å²) in [6, 6.07) is 14.4. The molecule has 6 heteroatoms. The van der Waals surface area contributed by atoms with Crippen LogP contribution in [0.25, 0.3) is 0 Å². The van der Waals surface area contributed by atoms with Crippen molar-refractivity contribution in [2.24, 2.45) is 0 Å². The van der Waals surface area contributed by atoms with Gasteiger partial charge in [-0.3, -0.25) is 9.69 Å². The molecule has 1 N–H and O–H groups in total. The van der Waals surface area contributed by atoms with Crippen molar-refractivity contribution in [3.8, 4) is 0 Å². The fourth-order valence-electron chi connectivity index (χ4n) is 3.83. The first kappa shape index (κ1) is 18.9. The molecular weight excluding hydrogens is 368 g/mol. The van der Waals surface area contributed by atoms with E-state index in [2.05, 4.69) is 63.9 Å². The number of carbonyl (C=O) groups excluding carboxylic acids is 1. The summed E-state index contributed by atoms with van der Waals surface area (Å²) in [4.78, 5) is 21.4. The molecule has 1 aliphatic rings. The van der Waals surface area contributed by atoms with Crippen LogP contribution in [-0.2, 0) is 24.3 Å². The lowest BCUT2D eigenvalue weighted by Gasteiger charge is -2.36. The molecule has 0 saturated carbocycles. The van der Waals surface area contributed by atoms with Crippen molar-refractivity contribution in [2.45, 2.75) is 45.4 Å². The zero-order valence-electron chi connectivity index (χ0n) is 16.3. The second-order valence-corrected chi connectivity index (χ2v) is 8.52. The van der Waals surface area contributed by atoms with E-state index in [9.17, 15) is 4.79 Å². The molecule has 1 amide bonds. The average Bonchev–Trinajstić information content (AvgIpc) is 3.36. The van der Waals surface area contributed by atoms with Gasteiger partial charge in [-0.05, 0) is 30.9 Å². The van der Waals surface area contributed by atoms with Gasteiger partial charge in [-0.15, -0.1) is 11.3 Å². The first-order valence-corrected chi connectivity index (χ1v) is 10.6. The van der Waals surface area contributed by atoms with Gasteiger partial charge in [0.25, 0.3) is 0 Å². The number of imidazole rings is 1. The first-order chi connectivity index (χ1) is 13.6. The first-order valence-electron chi connectivity index (χ1n) is 9.77. The third-order valence-corrected chi connectivity index (χ3v) is 6.10. The van der Waals surface area contributed by atoms with E-state index < -0.39 is 0 Å².